The van der Waals surface area contributed by atoms with Crippen LogP contribution in [0.1, 0.15) is 4.88 Å². The molecule has 5 nitrogen and oxygen atoms in total. The van der Waals surface area contributed by atoms with Crippen molar-refractivity contribution in [3.8, 4) is 0 Å². The van der Waals surface area contributed by atoms with Gasteiger partial charge in [-0.15, -0.1) is 0 Å². The minimum absolute atomic E-state index is 0.0517. The zero-order valence-corrected chi connectivity index (χ0v) is 12.5. The van der Waals surface area contributed by atoms with Crippen molar-refractivity contribution < 1.29 is 9.72 Å². The molecule has 0 spiro atoms. The maximum Gasteiger partial charge on any atom is 0.324 e. The molecule has 2 rings (SSSR count). The molecule has 0 saturated heterocycles. The van der Waals surface area contributed by atoms with Crippen LogP contribution in [0.25, 0.3) is 6.08 Å². The number of carbonyl (C=O) groups is 1. The van der Waals surface area contributed by atoms with Gasteiger partial charge in [0.2, 0.25) is 5.91 Å². The number of nitrogens with one attached hydrogen (secondary N) is 1. The highest BCUT2D eigenvalue weighted by molar-refractivity contribution is 9.10. The van der Waals surface area contributed by atoms with Gasteiger partial charge in [0.1, 0.15) is 0 Å². The highest BCUT2D eigenvalue weighted by atomic mass is 79.9. The fourth-order valence-corrected chi connectivity index (χ4v) is 2.53. The fourth-order valence-electron chi connectivity index (χ4n) is 1.42. The van der Waals surface area contributed by atoms with Crippen molar-refractivity contribution in [3.63, 3.8) is 0 Å². The highest BCUT2D eigenvalue weighted by Crippen LogP contribution is 2.25. The SMILES string of the molecule is O=C(/C=C/c1ccc([N+](=O)[O-])s1)Nc1ccccc1Br. The molecule has 0 fully saturated rings. The van der Waals surface area contributed by atoms with Crippen molar-refractivity contribution in [1.29, 1.82) is 0 Å². The molecule has 0 unspecified atom stereocenters. The zero-order chi connectivity index (χ0) is 14.5. The molecule has 102 valence electrons. The van der Waals surface area contributed by atoms with Gasteiger partial charge in [0, 0.05) is 21.5 Å². The summed E-state index contributed by atoms with van der Waals surface area (Å²) >= 11 is 4.35. The molecular formula is C13H9BrN2O3S. The lowest BCUT2D eigenvalue weighted by molar-refractivity contribution is -0.380. The molecule has 0 saturated carbocycles. The fraction of sp³-hybridized carbons (Fsp3) is 0. The summed E-state index contributed by atoms with van der Waals surface area (Å²) in [4.78, 5) is 22.5. The first kappa shape index (κ1) is 14.4. The predicted molar refractivity (Wildman–Crippen MR) is 82.8 cm³/mol. The molecule has 0 radical (unpaired) electrons. The predicted octanol–water partition coefficient (Wildman–Crippen LogP) is 4.07. The number of anilines is 1. The second-order valence-electron chi connectivity index (χ2n) is 3.74. The monoisotopic (exact) mass is 352 g/mol. The van der Waals surface area contributed by atoms with Crippen LogP contribution in [0, 0.1) is 10.1 Å². The topological polar surface area (TPSA) is 72.2 Å². The number of nitrogens with zero attached hydrogens (tertiary/aromatic N) is 1. The van der Waals surface area contributed by atoms with Gasteiger partial charge in [0.15, 0.2) is 0 Å². The largest absolute Gasteiger partial charge is 0.324 e. The van der Waals surface area contributed by atoms with Crippen LogP contribution in [0.3, 0.4) is 0 Å². The van der Waals surface area contributed by atoms with Gasteiger partial charge in [0.05, 0.1) is 10.6 Å². The first-order chi connectivity index (χ1) is 9.56. The molecule has 0 bridgehead atoms. The molecule has 0 atom stereocenters. The van der Waals surface area contributed by atoms with E-state index in [1.807, 2.05) is 18.2 Å². The summed E-state index contributed by atoms with van der Waals surface area (Å²) in [6.45, 7) is 0. The van der Waals surface area contributed by atoms with E-state index < -0.39 is 4.92 Å². The van der Waals surface area contributed by atoms with Gasteiger partial charge in [-0.2, -0.15) is 0 Å². The van der Waals surface area contributed by atoms with Gasteiger partial charge in [0.25, 0.3) is 0 Å². The van der Waals surface area contributed by atoms with Crippen molar-refractivity contribution >= 4 is 49.9 Å². The van der Waals surface area contributed by atoms with E-state index in [-0.39, 0.29) is 10.9 Å². The van der Waals surface area contributed by atoms with E-state index >= 15 is 0 Å². The Bertz CT molecular complexity index is 682. The number of halogens is 1. The van der Waals surface area contributed by atoms with E-state index in [1.165, 1.54) is 12.1 Å². The van der Waals surface area contributed by atoms with Gasteiger partial charge in [-0.25, -0.2) is 0 Å². The van der Waals surface area contributed by atoms with Crippen LogP contribution in [-0.2, 0) is 4.79 Å². The van der Waals surface area contributed by atoms with Crippen LogP contribution >= 0.6 is 27.3 Å². The maximum atomic E-state index is 11.7. The molecule has 2 aromatic rings. The number of benzene rings is 1. The maximum absolute atomic E-state index is 11.7. The Balaban J connectivity index is 2.02. The van der Waals surface area contributed by atoms with Crippen molar-refractivity contribution in [2.45, 2.75) is 0 Å². The van der Waals surface area contributed by atoms with Crippen LogP contribution in [0.2, 0.25) is 0 Å². The number of carbonyl (C=O) groups excluding carboxylic acids is 1. The van der Waals surface area contributed by atoms with Crippen LogP contribution in [0.15, 0.2) is 46.9 Å². The Kier molecular flexibility index (Phi) is 4.65. The van der Waals surface area contributed by atoms with E-state index in [9.17, 15) is 14.9 Å². The minimum atomic E-state index is -0.455. The summed E-state index contributed by atoms with van der Waals surface area (Å²) in [5.74, 6) is -0.298. The number of nitro groups is 1. The molecule has 20 heavy (non-hydrogen) atoms. The number of rotatable bonds is 4. The lowest BCUT2D eigenvalue weighted by Gasteiger charge is -2.03. The van der Waals surface area contributed by atoms with Crippen molar-refractivity contribution in [2.24, 2.45) is 0 Å². The van der Waals surface area contributed by atoms with E-state index in [1.54, 1.807) is 18.2 Å². The molecule has 1 heterocycles. The third-order valence-electron chi connectivity index (χ3n) is 2.32. The third-order valence-corrected chi connectivity index (χ3v) is 4.02. The van der Waals surface area contributed by atoms with Crippen molar-refractivity contribution in [2.75, 3.05) is 5.32 Å². The Labute approximate surface area is 127 Å². The summed E-state index contributed by atoms with van der Waals surface area (Å²) < 4.78 is 0.786. The number of hydrogen-bond donors (Lipinski definition) is 1. The number of thiophene rings is 1. The molecular weight excluding hydrogens is 344 g/mol. The molecule has 1 aromatic carbocycles. The van der Waals surface area contributed by atoms with Crippen LogP contribution in [-0.4, -0.2) is 10.8 Å². The summed E-state index contributed by atoms with van der Waals surface area (Å²) in [7, 11) is 0. The van der Waals surface area contributed by atoms with E-state index in [0.29, 0.717) is 10.6 Å². The first-order valence-corrected chi connectivity index (χ1v) is 7.15. The number of amides is 1. The van der Waals surface area contributed by atoms with Gasteiger partial charge in [-0.05, 0) is 40.2 Å². The molecule has 7 heteroatoms. The van der Waals surface area contributed by atoms with Crippen molar-refractivity contribution in [3.05, 3.63) is 61.9 Å². The summed E-state index contributed by atoms with van der Waals surface area (Å²) in [5.41, 5.74) is 0.666. The normalized spacial score (nSPS) is 10.7. The molecule has 1 amide bonds. The first-order valence-electron chi connectivity index (χ1n) is 5.54. The van der Waals surface area contributed by atoms with Crippen LogP contribution < -0.4 is 5.32 Å². The minimum Gasteiger partial charge on any atom is -0.321 e. The van der Waals surface area contributed by atoms with Gasteiger partial charge < -0.3 is 5.32 Å². The Hall–Kier alpha value is -1.99. The Morgan fingerprint density at radius 2 is 2.05 bits per heavy atom. The van der Waals surface area contributed by atoms with Crippen LogP contribution in [0.5, 0.6) is 0 Å². The summed E-state index contributed by atoms with van der Waals surface area (Å²) in [6, 6.07) is 10.3. The van der Waals surface area contributed by atoms with Gasteiger partial charge in [-0.3, -0.25) is 14.9 Å². The summed E-state index contributed by atoms with van der Waals surface area (Å²) in [6.07, 6.45) is 2.89. The van der Waals surface area contributed by atoms with E-state index in [0.717, 1.165) is 15.8 Å². The standard InChI is InChI=1S/C13H9BrN2O3S/c14-10-3-1-2-4-11(10)15-12(17)7-5-9-6-8-13(20-9)16(18)19/h1-8H,(H,15,17)/b7-5+. The molecule has 0 aliphatic rings. The zero-order valence-electron chi connectivity index (χ0n) is 10.1. The molecule has 1 aromatic heterocycles. The Morgan fingerprint density at radius 1 is 1.30 bits per heavy atom. The lowest BCUT2D eigenvalue weighted by atomic mass is 10.3. The van der Waals surface area contributed by atoms with Gasteiger partial charge in [-0.1, -0.05) is 23.5 Å². The summed E-state index contributed by atoms with van der Waals surface area (Å²) in [5, 5.41) is 13.3. The lowest BCUT2D eigenvalue weighted by Crippen LogP contribution is -2.07. The molecule has 0 aliphatic heterocycles. The molecule has 0 aliphatic carbocycles. The van der Waals surface area contributed by atoms with Crippen LogP contribution in [0.4, 0.5) is 10.7 Å². The van der Waals surface area contributed by atoms with Crippen molar-refractivity contribution in [1.82, 2.24) is 0 Å². The Morgan fingerprint density at radius 3 is 2.70 bits per heavy atom. The number of hydrogen-bond acceptors (Lipinski definition) is 4. The molecule has 1 N–H and O–H groups in total. The third kappa shape index (κ3) is 3.75. The van der Waals surface area contributed by atoms with E-state index in [4.69, 9.17) is 0 Å². The second-order valence-corrected chi connectivity index (χ2v) is 5.68. The number of para-hydroxylation sites is 1. The second kappa shape index (κ2) is 6.44. The van der Waals surface area contributed by atoms with Gasteiger partial charge >= 0.3 is 5.00 Å². The smallest absolute Gasteiger partial charge is 0.321 e. The average molecular weight is 353 g/mol. The average Bonchev–Trinajstić information content (AvgIpc) is 2.88. The quantitative estimate of drug-likeness (QED) is 0.512. The highest BCUT2D eigenvalue weighted by Gasteiger charge is 2.08. The van der Waals surface area contributed by atoms with E-state index in [2.05, 4.69) is 21.2 Å².